The first-order valence-electron chi connectivity index (χ1n) is 6.83. The molecule has 1 aromatic heterocycles. The molecule has 108 valence electrons. The van der Waals surface area contributed by atoms with Gasteiger partial charge in [-0.1, -0.05) is 24.3 Å². The lowest BCUT2D eigenvalue weighted by molar-refractivity contribution is -0.118. The van der Waals surface area contributed by atoms with Crippen LogP contribution in [-0.4, -0.2) is 16.7 Å². The summed E-state index contributed by atoms with van der Waals surface area (Å²) in [5, 5.41) is 4.90. The first-order chi connectivity index (χ1) is 10.1. The number of nitrogens with zero attached hydrogens (tertiary/aromatic N) is 1. The van der Waals surface area contributed by atoms with Crippen LogP contribution in [0.25, 0.3) is 0 Å². The van der Waals surface area contributed by atoms with Gasteiger partial charge in [-0.3, -0.25) is 4.79 Å². The molecule has 1 aromatic carbocycles. The number of rotatable bonds is 4. The van der Waals surface area contributed by atoms with Gasteiger partial charge in [-0.25, -0.2) is 4.79 Å². The molecule has 0 fully saturated rings. The van der Waals surface area contributed by atoms with Gasteiger partial charge in [0.15, 0.2) is 0 Å². The predicted molar refractivity (Wildman–Crippen MR) is 83.4 cm³/mol. The molecular formula is C16H16N2O2S. The normalized spacial score (nSPS) is 17.3. The van der Waals surface area contributed by atoms with Crippen molar-refractivity contribution in [2.24, 2.45) is 0 Å². The second-order valence-corrected chi connectivity index (χ2v) is 6.18. The monoisotopic (exact) mass is 300 g/mol. The highest BCUT2D eigenvalue weighted by Gasteiger charge is 2.33. The quantitative estimate of drug-likeness (QED) is 0.933. The lowest BCUT2D eigenvalue weighted by Gasteiger charge is -2.36. The van der Waals surface area contributed by atoms with Crippen molar-refractivity contribution in [3.8, 4) is 0 Å². The van der Waals surface area contributed by atoms with E-state index in [2.05, 4.69) is 5.32 Å². The summed E-state index contributed by atoms with van der Waals surface area (Å²) in [6.07, 6.45) is 0.343. The second-order valence-electron chi connectivity index (χ2n) is 5.15. The van der Waals surface area contributed by atoms with E-state index >= 15 is 0 Å². The van der Waals surface area contributed by atoms with E-state index in [4.69, 9.17) is 0 Å². The average Bonchev–Trinajstić information content (AvgIpc) is 2.95. The number of hydrogen-bond acceptors (Lipinski definition) is 3. The molecule has 2 amide bonds. The Morgan fingerprint density at radius 2 is 2.10 bits per heavy atom. The molecule has 4 nitrogen and oxygen atoms in total. The molecule has 0 aliphatic carbocycles. The molecule has 0 spiro atoms. The summed E-state index contributed by atoms with van der Waals surface area (Å²) in [4.78, 5) is 26.9. The highest BCUT2D eigenvalue weighted by molar-refractivity contribution is 7.09. The van der Waals surface area contributed by atoms with Crippen molar-refractivity contribution in [3.05, 3.63) is 52.2 Å². The van der Waals surface area contributed by atoms with Gasteiger partial charge in [0.25, 0.3) is 0 Å². The van der Waals surface area contributed by atoms with Gasteiger partial charge in [0.1, 0.15) is 5.78 Å². The minimum Gasteiger partial charge on any atom is -0.312 e. The Balaban J connectivity index is 1.97. The minimum absolute atomic E-state index is 0.0840. The molecule has 1 atom stereocenters. The van der Waals surface area contributed by atoms with Crippen LogP contribution in [0.3, 0.4) is 0 Å². The first kappa shape index (κ1) is 13.8. The Labute approximate surface area is 127 Å². The average molecular weight is 300 g/mol. The number of benzene rings is 1. The Hall–Kier alpha value is -2.14. The van der Waals surface area contributed by atoms with E-state index in [1.807, 2.05) is 41.8 Å². The smallest absolute Gasteiger partial charge is 0.312 e. The Bertz CT molecular complexity index is 667. The molecule has 0 radical (unpaired) electrons. The predicted octanol–water partition coefficient (Wildman–Crippen LogP) is 3.82. The minimum atomic E-state index is -0.199. The van der Waals surface area contributed by atoms with Gasteiger partial charge in [-0.15, -0.1) is 11.3 Å². The number of anilines is 1. The summed E-state index contributed by atoms with van der Waals surface area (Å²) in [5.74, 6) is 0.0840. The molecule has 1 N–H and O–H groups in total. The molecule has 2 heterocycles. The van der Waals surface area contributed by atoms with E-state index in [1.54, 1.807) is 23.2 Å². The van der Waals surface area contributed by atoms with Gasteiger partial charge < -0.3 is 10.2 Å². The van der Waals surface area contributed by atoms with Gasteiger partial charge in [0.2, 0.25) is 0 Å². The number of amides is 2. The zero-order valence-electron chi connectivity index (χ0n) is 11.7. The van der Waals surface area contributed by atoms with Crippen LogP contribution in [0.1, 0.15) is 29.8 Å². The third-order valence-electron chi connectivity index (χ3n) is 3.59. The number of carbonyl (C=O) groups excluding carboxylic acids is 2. The van der Waals surface area contributed by atoms with E-state index < -0.39 is 0 Å². The number of fused-ring (bicyclic) bond motifs is 1. The zero-order chi connectivity index (χ0) is 14.8. The van der Waals surface area contributed by atoms with Gasteiger partial charge in [0, 0.05) is 17.0 Å². The molecule has 1 aliphatic heterocycles. The van der Waals surface area contributed by atoms with Crippen molar-refractivity contribution in [2.45, 2.75) is 25.9 Å². The fraction of sp³-hybridized carbons (Fsp3) is 0.250. The molecular weight excluding hydrogens is 284 g/mol. The second kappa shape index (κ2) is 5.69. The highest BCUT2D eigenvalue weighted by Crippen LogP contribution is 2.36. The fourth-order valence-corrected chi connectivity index (χ4v) is 3.35. The van der Waals surface area contributed by atoms with Gasteiger partial charge >= 0.3 is 6.03 Å². The number of thiophene rings is 1. The maximum atomic E-state index is 12.4. The summed E-state index contributed by atoms with van der Waals surface area (Å²) in [7, 11) is 0. The zero-order valence-corrected chi connectivity index (χ0v) is 12.5. The molecule has 0 saturated heterocycles. The third-order valence-corrected chi connectivity index (χ3v) is 4.45. The van der Waals surface area contributed by atoms with Gasteiger partial charge in [-0.05, 0) is 30.0 Å². The number of para-hydroxylation sites is 1. The number of urea groups is 1. The van der Waals surface area contributed by atoms with Crippen LogP contribution in [-0.2, 0) is 11.3 Å². The summed E-state index contributed by atoms with van der Waals surface area (Å²) >= 11 is 1.61. The summed E-state index contributed by atoms with van der Waals surface area (Å²) in [6, 6.07) is 11.3. The van der Waals surface area contributed by atoms with Crippen molar-refractivity contribution >= 4 is 28.8 Å². The topological polar surface area (TPSA) is 49.4 Å². The third kappa shape index (κ3) is 2.83. The Morgan fingerprint density at radius 1 is 1.29 bits per heavy atom. The largest absolute Gasteiger partial charge is 0.322 e. The maximum absolute atomic E-state index is 12.4. The van der Waals surface area contributed by atoms with E-state index in [9.17, 15) is 9.59 Å². The van der Waals surface area contributed by atoms with Crippen molar-refractivity contribution < 1.29 is 9.59 Å². The molecule has 1 unspecified atom stereocenters. The van der Waals surface area contributed by atoms with Crippen molar-refractivity contribution in [3.63, 3.8) is 0 Å². The number of ketones is 1. The van der Waals surface area contributed by atoms with Crippen LogP contribution in [0.15, 0.2) is 41.8 Å². The highest BCUT2D eigenvalue weighted by atomic mass is 32.1. The lowest BCUT2D eigenvalue weighted by atomic mass is 9.96. The fourth-order valence-electron chi connectivity index (χ4n) is 2.64. The van der Waals surface area contributed by atoms with Crippen LogP contribution in [0, 0.1) is 0 Å². The standard InChI is InChI=1S/C16H16N2O2S/c1-11(19)9-15-13-6-2-3-7-14(13)17-16(20)18(15)10-12-5-4-8-21-12/h2-8,15H,9-10H2,1H3,(H,17,20). The van der Waals surface area contributed by atoms with Crippen molar-refractivity contribution in [1.82, 2.24) is 4.90 Å². The number of Topliss-reactive ketones (excluding diaryl/α,β-unsaturated/α-hetero) is 1. The molecule has 5 heteroatoms. The Kier molecular flexibility index (Phi) is 3.75. The molecule has 3 rings (SSSR count). The first-order valence-corrected chi connectivity index (χ1v) is 7.71. The molecule has 0 saturated carbocycles. The lowest BCUT2D eigenvalue weighted by Crippen LogP contribution is -2.42. The van der Waals surface area contributed by atoms with Crippen LogP contribution in [0.5, 0.6) is 0 Å². The van der Waals surface area contributed by atoms with E-state index in [1.165, 1.54) is 0 Å². The molecule has 1 aliphatic rings. The molecule has 21 heavy (non-hydrogen) atoms. The molecule has 2 aromatic rings. The van der Waals surface area contributed by atoms with Crippen LogP contribution in [0.4, 0.5) is 10.5 Å². The van der Waals surface area contributed by atoms with E-state index in [0.717, 1.165) is 16.1 Å². The van der Waals surface area contributed by atoms with Gasteiger partial charge in [0.05, 0.1) is 12.6 Å². The summed E-state index contributed by atoms with van der Waals surface area (Å²) in [5.41, 5.74) is 1.81. The van der Waals surface area contributed by atoms with Crippen LogP contribution >= 0.6 is 11.3 Å². The Morgan fingerprint density at radius 3 is 2.81 bits per heavy atom. The maximum Gasteiger partial charge on any atom is 0.322 e. The van der Waals surface area contributed by atoms with Gasteiger partial charge in [-0.2, -0.15) is 0 Å². The van der Waals surface area contributed by atoms with Crippen LogP contribution < -0.4 is 5.32 Å². The summed E-state index contributed by atoms with van der Waals surface area (Å²) < 4.78 is 0. The van der Waals surface area contributed by atoms with E-state index in [0.29, 0.717) is 13.0 Å². The number of nitrogens with one attached hydrogen (secondary N) is 1. The number of carbonyl (C=O) groups is 2. The SMILES string of the molecule is CC(=O)CC1c2ccccc2NC(=O)N1Cc1cccs1. The van der Waals surface area contributed by atoms with Crippen LogP contribution in [0.2, 0.25) is 0 Å². The number of hydrogen-bond donors (Lipinski definition) is 1. The van der Waals surface area contributed by atoms with Crippen molar-refractivity contribution in [1.29, 1.82) is 0 Å². The van der Waals surface area contributed by atoms with E-state index in [-0.39, 0.29) is 17.9 Å². The summed E-state index contributed by atoms with van der Waals surface area (Å²) in [6.45, 7) is 2.09. The molecule has 0 bridgehead atoms. The van der Waals surface area contributed by atoms with Crippen molar-refractivity contribution in [2.75, 3.05) is 5.32 Å².